The van der Waals surface area contributed by atoms with Crippen LogP contribution in [0.25, 0.3) is 0 Å². The van der Waals surface area contributed by atoms with Gasteiger partial charge in [-0.2, -0.15) is 13.2 Å². The number of piperidine rings is 1. The zero-order valence-corrected chi connectivity index (χ0v) is 13.0. The Morgan fingerprint density at radius 1 is 1.26 bits per heavy atom. The molecule has 1 aromatic rings. The van der Waals surface area contributed by atoms with E-state index in [0.29, 0.717) is 6.07 Å². The van der Waals surface area contributed by atoms with Crippen LogP contribution in [0, 0.1) is 17.2 Å². The molecule has 1 amide bonds. The molecule has 23 heavy (non-hydrogen) atoms. The van der Waals surface area contributed by atoms with Gasteiger partial charge >= 0.3 is 6.18 Å². The minimum Gasteiger partial charge on any atom is -0.326 e. The lowest BCUT2D eigenvalue weighted by atomic mass is 9.92. The molecule has 1 atom stereocenters. The van der Waals surface area contributed by atoms with Crippen molar-refractivity contribution >= 4 is 24.0 Å². The lowest BCUT2D eigenvalue weighted by Crippen LogP contribution is -2.31. The average Bonchev–Trinajstić information content (AvgIpc) is 3.14. The number of hydrogen-bond acceptors (Lipinski definition) is 2. The Labute approximate surface area is 137 Å². The van der Waals surface area contributed by atoms with E-state index in [0.717, 1.165) is 44.5 Å². The van der Waals surface area contributed by atoms with Gasteiger partial charge in [-0.1, -0.05) is 0 Å². The first-order valence-electron chi connectivity index (χ1n) is 7.20. The molecule has 0 aromatic heterocycles. The average molecular weight is 353 g/mol. The highest BCUT2D eigenvalue weighted by Gasteiger charge is 2.57. The summed E-state index contributed by atoms with van der Waals surface area (Å²) in [5.74, 6) is -1.78. The topological polar surface area (TPSA) is 41.1 Å². The predicted molar refractivity (Wildman–Crippen MR) is 79.9 cm³/mol. The number of hydrogen-bond donors (Lipinski definition) is 2. The second kappa shape index (κ2) is 6.28. The summed E-state index contributed by atoms with van der Waals surface area (Å²) in [6.07, 6.45) is -2.20. The molecule has 3 nitrogen and oxygen atoms in total. The third-order valence-corrected chi connectivity index (χ3v) is 4.64. The van der Waals surface area contributed by atoms with Crippen molar-refractivity contribution in [2.24, 2.45) is 11.3 Å². The van der Waals surface area contributed by atoms with Crippen LogP contribution in [-0.4, -0.2) is 19.0 Å². The second-order valence-corrected chi connectivity index (χ2v) is 6.05. The van der Waals surface area contributed by atoms with E-state index in [1.54, 1.807) is 0 Å². The van der Waals surface area contributed by atoms with Gasteiger partial charge in [-0.15, -0.1) is 12.4 Å². The molecule has 1 unspecified atom stereocenters. The van der Waals surface area contributed by atoms with Gasteiger partial charge in [0.05, 0.1) is 5.56 Å². The number of rotatable bonds is 2. The van der Waals surface area contributed by atoms with E-state index in [1.165, 1.54) is 0 Å². The third-order valence-electron chi connectivity index (χ3n) is 4.64. The van der Waals surface area contributed by atoms with Gasteiger partial charge in [0.2, 0.25) is 5.91 Å². The Morgan fingerprint density at radius 3 is 2.52 bits per heavy atom. The molecule has 1 aliphatic carbocycles. The fraction of sp³-hybridized carbons (Fsp3) is 0.533. The van der Waals surface area contributed by atoms with E-state index in [2.05, 4.69) is 10.6 Å². The molecule has 1 spiro atoms. The Kier molecular flexibility index (Phi) is 4.92. The van der Waals surface area contributed by atoms with Crippen LogP contribution in [0.15, 0.2) is 18.2 Å². The van der Waals surface area contributed by atoms with Gasteiger partial charge in [0.15, 0.2) is 0 Å². The molecule has 1 aliphatic heterocycles. The predicted octanol–water partition coefficient (Wildman–Crippen LogP) is 3.59. The molecule has 2 aliphatic rings. The normalized spacial score (nSPS) is 22.3. The Morgan fingerprint density at radius 2 is 1.91 bits per heavy atom. The summed E-state index contributed by atoms with van der Waals surface area (Å²) in [5, 5.41) is 5.71. The number of nitrogens with one attached hydrogen (secondary N) is 2. The van der Waals surface area contributed by atoms with Crippen molar-refractivity contribution < 1.29 is 22.4 Å². The largest absolute Gasteiger partial charge is 0.419 e. The lowest BCUT2D eigenvalue weighted by Gasteiger charge is -2.23. The first-order chi connectivity index (χ1) is 10.3. The molecular weight excluding hydrogens is 336 g/mol. The number of amides is 1. The van der Waals surface area contributed by atoms with E-state index in [9.17, 15) is 22.4 Å². The summed E-state index contributed by atoms with van der Waals surface area (Å²) in [6, 6.07) is 2.52. The summed E-state index contributed by atoms with van der Waals surface area (Å²) < 4.78 is 51.2. The van der Waals surface area contributed by atoms with Crippen LogP contribution in [0.4, 0.5) is 23.2 Å². The summed E-state index contributed by atoms with van der Waals surface area (Å²) in [7, 11) is 0. The molecule has 1 saturated carbocycles. The maximum Gasteiger partial charge on any atom is 0.419 e. The number of benzene rings is 1. The van der Waals surface area contributed by atoms with Crippen molar-refractivity contribution in [3.63, 3.8) is 0 Å². The fourth-order valence-corrected chi connectivity index (χ4v) is 3.25. The van der Waals surface area contributed by atoms with Crippen molar-refractivity contribution in [2.45, 2.75) is 25.4 Å². The van der Waals surface area contributed by atoms with Crippen LogP contribution >= 0.6 is 12.4 Å². The van der Waals surface area contributed by atoms with Crippen molar-refractivity contribution in [2.75, 3.05) is 18.4 Å². The molecule has 8 heteroatoms. The smallest absolute Gasteiger partial charge is 0.326 e. The van der Waals surface area contributed by atoms with Crippen LogP contribution in [-0.2, 0) is 11.0 Å². The highest BCUT2D eigenvalue weighted by atomic mass is 35.5. The van der Waals surface area contributed by atoms with Crippen LogP contribution in [0.3, 0.4) is 0 Å². The molecule has 0 bridgehead atoms. The van der Waals surface area contributed by atoms with Gasteiger partial charge in [0.25, 0.3) is 0 Å². The van der Waals surface area contributed by atoms with E-state index in [1.807, 2.05) is 0 Å². The highest BCUT2D eigenvalue weighted by molar-refractivity contribution is 5.95. The minimum atomic E-state index is -4.78. The first kappa shape index (κ1) is 18.0. The Balaban J connectivity index is 0.00000192. The standard InChI is InChI=1S/C15H16F4N2O.ClH/c16-12-2-1-9(7-10(12)15(17,18)19)21-13(22)11-8-14(11)3-5-20-6-4-14;/h1-2,7,11,20H,3-6,8H2,(H,21,22);1H. The van der Waals surface area contributed by atoms with Gasteiger partial charge < -0.3 is 10.6 Å². The molecule has 1 saturated heterocycles. The van der Waals surface area contributed by atoms with Gasteiger partial charge in [0.1, 0.15) is 5.82 Å². The molecule has 2 fully saturated rings. The van der Waals surface area contributed by atoms with Gasteiger partial charge in [-0.05, 0) is 56.0 Å². The number of carbonyl (C=O) groups is 1. The molecule has 1 aromatic carbocycles. The highest BCUT2D eigenvalue weighted by Crippen LogP contribution is 2.58. The zero-order chi connectivity index (χ0) is 16.0. The monoisotopic (exact) mass is 352 g/mol. The first-order valence-corrected chi connectivity index (χ1v) is 7.20. The van der Waals surface area contributed by atoms with Gasteiger partial charge in [0, 0.05) is 11.6 Å². The molecule has 3 rings (SSSR count). The zero-order valence-electron chi connectivity index (χ0n) is 12.2. The van der Waals surface area contributed by atoms with E-state index < -0.39 is 17.6 Å². The summed E-state index contributed by atoms with van der Waals surface area (Å²) in [5.41, 5.74) is -1.38. The van der Waals surface area contributed by atoms with Crippen molar-refractivity contribution in [1.29, 1.82) is 0 Å². The second-order valence-electron chi connectivity index (χ2n) is 6.05. The quantitative estimate of drug-likeness (QED) is 0.799. The van der Waals surface area contributed by atoms with Crippen LogP contribution in [0.5, 0.6) is 0 Å². The third kappa shape index (κ3) is 3.61. The van der Waals surface area contributed by atoms with E-state index in [4.69, 9.17) is 0 Å². The van der Waals surface area contributed by atoms with E-state index >= 15 is 0 Å². The number of anilines is 1. The summed E-state index contributed by atoms with van der Waals surface area (Å²) in [6.45, 7) is 1.72. The maximum atomic E-state index is 13.2. The molecule has 0 radical (unpaired) electrons. The maximum absolute atomic E-state index is 13.2. The molecular formula is C15H17ClF4N2O. The molecule has 128 valence electrons. The molecule has 2 N–H and O–H groups in total. The minimum absolute atomic E-state index is 0. The molecule has 1 heterocycles. The van der Waals surface area contributed by atoms with Crippen LogP contribution in [0.2, 0.25) is 0 Å². The summed E-state index contributed by atoms with van der Waals surface area (Å²) in [4.78, 5) is 12.2. The number of carbonyl (C=O) groups excluding carboxylic acids is 1. The van der Waals surface area contributed by atoms with Gasteiger partial charge in [-0.3, -0.25) is 4.79 Å². The van der Waals surface area contributed by atoms with Crippen molar-refractivity contribution in [1.82, 2.24) is 5.32 Å². The lowest BCUT2D eigenvalue weighted by molar-refractivity contribution is -0.140. The Hall–Kier alpha value is -1.34. The summed E-state index contributed by atoms with van der Waals surface area (Å²) >= 11 is 0. The van der Waals surface area contributed by atoms with E-state index in [-0.39, 0.29) is 35.3 Å². The number of alkyl halides is 3. The van der Waals surface area contributed by atoms with Crippen molar-refractivity contribution in [3.8, 4) is 0 Å². The van der Waals surface area contributed by atoms with Gasteiger partial charge in [-0.25, -0.2) is 4.39 Å². The SMILES string of the molecule is Cl.O=C(Nc1ccc(F)c(C(F)(F)F)c1)C1CC12CCNCC2. The van der Waals surface area contributed by atoms with Crippen LogP contribution < -0.4 is 10.6 Å². The number of halogens is 5. The Bertz CT molecular complexity index is 600. The van der Waals surface area contributed by atoms with Crippen molar-refractivity contribution in [3.05, 3.63) is 29.6 Å². The van der Waals surface area contributed by atoms with Crippen LogP contribution in [0.1, 0.15) is 24.8 Å². The fourth-order valence-electron chi connectivity index (χ4n) is 3.25.